The first-order valence-electron chi connectivity index (χ1n) is 16.4. The molecule has 2 amide bonds. The Bertz CT molecular complexity index is 2090. The Kier molecular flexibility index (Phi) is 7.52. The lowest BCUT2D eigenvalue weighted by Gasteiger charge is -2.55. The molecular formula is C41H32BrNO6. The number of hydrogen-bond donors (Lipinski definition) is 1. The summed E-state index contributed by atoms with van der Waals surface area (Å²) in [5.41, 5.74) is 1.88. The van der Waals surface area contributed by atoms with Gasteiger partial charge in [0.1, 0.15) is 11.5 Å². The number of rotatable bonds is 5. The zero-order valence-electron chi connectivity index (χ0n) is 26.6. The van der Waals surface area contributed by atoms with Crippen LogP contribution in [0.25, 0.3) is 5.57 Å². The number of ketones is 2. The van der Waals surface area contributed by atoms with Crippen molar-refractivity contribution < 1.29 is 29.0 Å². The molecule has 49 heavy (non-hydrogen) atoms. The van der Waals surface area contributed by atoms with Crippen molar-refractivity contribution in [3.05, 3.63) is 142 Å². The normalized spacial score (nSPS) is 27.6. The summed E-state index contributed by atoms with van der Waals surface area (Å²) in [5, 5.41) is 11.6. The van der Waals surface area contributed by atoms with Gasteiger partial charge in [0.25, 0.3) is 0 Å². The van der Waals surface area contributed by atoms with Crippen LogP contribution in [0.1, 0.15) is 35.4 Å². The third kappa shape index (κ3) is 4.61. The molecule has 0 unspecified atom stereocenters. The Morgan fingerprint density at radius 3 is 2.22 bits per heavy atom. The summed E-state index contributed by atoms with van der Waals surface area (Å²) in [7, 11) is 1.53. The molecule has 8 rings (SSSR count). The number of halogens is 1. The van der Waals surface area contributed by atoms with Crippen molar-refractivity contribution >= 4 is 50.6 Å². The molecule has 6 atom stereocenters. The Labute approximate surface area is 292 Å². The summed E-state index contributed by atoms with van der Waals surface area (Å²) in [6.45, 7) is 0. The molecule has 2 fully saturated rings. The van der Waals surface area contributed by atoms with Crippen LogP contribution >= 0.6 is 15.9 Å². The van der Waals surface area contributed by atoms with Crippen LogP contribution in [0.5, 0.6) is 11.5 Å². The van der Waals surface area contributed by atoms with E-state index >= 15 is 9.59 Å². The lowest BCUT2D eigenvalue weighted by atomic mass is 9.44. The largest absolute Gasteiger partial charge is 0.508 e. The van der Waals surface area contributed by atoms with Gasteiger partial charge >= 0.3 is 0 Å². The monoisotopic (exact) mass is 713 g/mol. The molecule has 4 aliphatic rings. The number of carbonyl (C=O) groups excluding carboxylic acids is 4. The molecule has 1 aliphatic heterocycles. The maximum absolute atomic E-state index is 15.1. The van der Waals surface area contributed by atoms with Crippen LogP contribution in [0.3, 0.4) is 0 Å². The maximum atomic E-state index is 15.1. The number of nitrogens with zero attached hydrogens (tertiary/aromatic N) is 1. The van der Waals surface area contributed by atoms with Gasteiger partial charge in [0, 0.05) is 27.4 Å². The number of anilines is 1. The van der Waals surface area contributed by atoms with Gasteiger partial charge in [-0.05, 0) is 78.4 Å². The summed E-state index contributed by atoms with van der Waals surface area (Å²) in [6, 6.07) is 30.4. The fourth-order valence-electron chi connectivity index (χ4n) is 8.95. The number of phenolic OH excluding ortho intramolecular Hbond substituents is 1. The van der Waals surface area contributed by atoms with E-state index in [4.69, 9.17) is 4.74 Å². The predicted molar refractivity (Wildman–Crippen MR) is 188 cm³/mol. The Balaban J connectivity index is 1.37. The highest BCUT2D eigenvalue weighted by Gasteiger charge is 2.66. The van der Waals surface area contributed by atoms with Crippen LogP contribution in [0.4, 0.5) is 5.69 Å². The number of hydrogen-bond acceptors (Lipinski definition) is 6. The van der Waals surface area contributed by atoms with Gasteiger partial charge in [0.05, 0.1) is 30.0 Å². The molecule has 8 heteroatoms. The fraction of sp³-hybridized carbons (Fsp3) is 0.220. The molecule has 0 spiro atoms. The predicted octanol–water partition coefficient (Wildman–Crippen LogP) is 7.19. The summed E-state index contributed by atoms with van der Waals surface area (Å²) in [6.07, 6.45) is 3.93. The van der Waals surface area contributed by atoms with Gasteiger partial charge in [0.2, 0.25) is 11.8 Å². The van der Waals surface area contributed by atoms with E-state index in [9.17, 15) is 14.7 Å². The summed E-state index contributed by atoms with van der Waals surface area (Å²) >= 11 is 3.43. The first kappa shape index (κ1) is 31.2. The van der Waals surface area contributed by atoms with Crippen LogP contribution in [0.2, 0.25) is 0 Å². The molecule has 244 valence electrons. The van der Waals surface area contributed by atoms with E-state index in [1.807, 2.05) is 66.7 Å². The van der Waals surface area contributed by atoms with E-state index in [0.29, 0.717) is 33.7 Å². The van der Waals surface area contributed by atoms with Crippen LogP contribution in [-0.2, 0) is 24.6 Å². The molecule has 0 bridgehead atoms. The van der Waals surface area contributed by atoms with Gasteiger partial charge in [-0.1, -0.05) is 88.2 Å². The third-order valence-corrected chi connectivity index (χ3v) is 11.5. The summed E-state index contributed by atoms with van der Waals surface area (Å²) < 4.78 is 6.43. The van der Waals surface area contributed by atoms with E-state index in [2.05, 4.69) is 15.9 Å². The molecule has 7 nitrogen and oxygen atoms in total. The van der Waals surface area contributed by atoms with Gasteiger partial charge in [-0.3, -0.25) is 24.1 Å². The van der Waals surface area contributed by atoms with E-state index in [-0.39, 0.29) is 42.0 Å². The number of allylic oxidation sites excluding steroid dienone is 4. The summed E-state index contributed by atoms with van der Waals surface area (Å²) in [4.78, 5) is 59.9. The highest BCUT2D eigenvalue weighted by Crippen LogP contribution is 2.64. The maximum Gasteiger partial charge on any atom is 0.238 e. The van der Waals surface area contributed by atoms with Crippen LogP contribution in [-0.4, -0.2) is 35.6 Å². The SMILES string of the molecule is COc1ccc(O)c([C@H]2C3=CC[C@@H]4C(=O)N(c5ccc(Br)cc5)C(=O)[C@@H]4[C@@H]3C[C@H]3C(=O)C(c4ccccc4)=CC(=O)[C@@]23c2ccccc2)c1. The highest BCUT2D eigenvalue weighted by atomic mass is 79.9. The highest BCUT2D eigenvalue weighted by molar-refractivity contribution is 9.10. The van der Waals surface area contributed by atoms with Crippen LogP contribution < -0.4 is 9.64 Å². The quantitative estimate of drug-likeness (QED) is 0.174. The van der Waals surface area contributed by atoms with Crippen molar-refractivity contribution in [3.63, 3.8) is 0 Å². The number of ether oxygens (including phenoxy) is 1. The molecule has 1 heterocycles. The number of methoxy groups -OCH3 is 1. The van der Waals surface area contributed by atoms with Crippen molar-refractivity contribution in [1.82, 2.24) is 0 Å². The first-order chi connectivity index (χ1) is 23.7. The van der Waals surface area contributed by atoms with E-state index in [0.717, 1.165) is 10.0 Å². The first-order valence-corrected chi connectivity index (χ1v) is 17.2. The van der Waals surface area contributed by atoms with Gasteiger partial charge in [-0.15, -0.1) is 0 Å². The van der Waals surface area contributed by atoms with Crippen molar-refractivity contribution in [1.29, 1.82) is 0 Å². The standard InChI is InChI=1S/C41H32BrNO6/c1-49-27-16-19-34(44)32(20-27)37-28-17-18-29-36(40(48)43(39(29)47)26-14-12-25(42)13-15-26)31(28)21-33-38(46)30(23-8-4-2-5-9-23)22-35(45)41(33,37)24-10-6-3-7-11-24/h2-17,19-20,22,29,31,33,36-37,44H,18,21H2,1H3/t29-,31+,33-,36-,37+,41-/m0/s1. The average Bonchev–Trinajstić information content (AvgIpc) is 3.39. The second-order valence-corrected chi connectivity index (χ2v) is 14.1. The fourth-order valence-corrected chi connectivity index (χ4v) is 9.22. The minimum atomic E-state index is -1.44. The average molecular weight is 715 g/mol. The van der Waals surface area contributed by atoms with Crippen molar-refractivity contribution in [2.24, 2.45) is 23.7 Å². The Morgan fingerprint density at radius 2 is 1.53 bits per heavy atom. The summed E-state index contributed by atoms with van der Waals surface area (Å²) in [5.74, 6) is -4.24. The Morgan fingerprint density at radius 1 is 0.837 bits per heavy atom. The number of imide groups is 1. The number of phenols is 1. The van der Waals surface area contributed by atoms with Gasteiger partial charge < -0.3 is 9.84 Å². The molecule has 3 aliphatic carbocycles. The Hall–Kier alpha value is -5.08. The molecule has 4 aromatic carbocycles. The van der Waals surface area contributed by atoms with Crippen molar-refractivity contribution in [2.45, 2.75) is 24.2 Å². The lowest BCUT2D eigenvalue weighted by Crippen LogP contribution is -2.58. The van der Waals surface area contributed by atoms with Crippen LogP contribution in [0.15, 0.2) is 125 Å². The lowest BCUT2D eigenvalue weighted by molar-refractivity contribution is -0.135. The molecule has 0 radical (unpaired) electrons. The molecule has 0 aromatic heterocycles. The molecule has 1 saturated heterocycles. The minimum Gasteiger partial charge on any atom is -0.508 e. The molecule has 1 saturated carbocycles. The number of fused-ring (bicyclic) bond motifs is 4. The molecular weight excluding hydrogens is 682 g/mol. The van der Waals surface area contributed by atoms with Crippen molar-refractivity contribution in [2.75, 3.05) is 12.0 Å². The third-order valence-electron chi connectivity index (χ3n) is 11.0. The number of amides is 2. The topological polar surface area (TPSA) is 101 Å². The zero-order valence-corrected chi connectivity index (χ0v) is 28.2. The second kappa shape index (κ2) is 11.8. The molecule has 4 aromatic rings. The zero-order chi connectivity index (χ0) is 34.0. The number of aromatic hydroxyl groups is 1. The van der Waals surface area contributed by atoms with Crippen LogP contribution in [0, 0.1) is 23.7 Å². The van der Waals surface area contributed by atoms with Gasteiger partial charge in [0.15, 0.2) is 11.6 Å². The number of Topliss-reactive ketones (excluding diaryl/α,β-unsaturated/α-hetero) is 1. The molecule has 1 N–H and O–H groups in total. The second-order valence-electron chi connectivity index (χ2n) is 13.2. The van der Waals surface area contributed by atoms with E-state index in [1.54, 1.807) is 36.4 Å². The number of benzene rings is 4. The number of carbonyl (C=O) groups is 4. The van der Waals surface area contributed by atoms with Gasteiger partial charge in [-0.2, -0.15) is 0 Å². The van der Waals surface area contributed by atoms with Gasteiger partial charge in [-0.25, -0.2) is 0 Å². The van der Waals surface area contributed by atoms with E-state index < -0.39 is 35.0 Å². The van der Waals surface area contributed by atoms with Crippen molar-refractivity contribution in [3.8, 4) is 11.5 Å². The smallest absolute Gasteiger partial charge is 0.238 e. The minimum absolute atomic E-state index is 0.0491. The van der Waals surface area contributed by atoms with E-state index in [1.165, 1.54) is 24.2 Å².